The minimum Gasteiger partial charge on any atom is -0.325 e. The molecule has 2 amide bonds. The van der Waals surface area contributed by atoms with Crippen molar-refractivity contribution >= 4 is 63.0 Å². The number of fused-ring (bicyclic) bond motifs is 1. The van der Waals surface area contributed by atoms with Gasteiger partial charge in [0.2, 0.25) is 11.8 Å². The summed E-state index contributed by atoms with van der Waals surface area (Å²) in [5.41, 5.74) is 1.56. The number of halogens is 1. The summed E-state index contributed by atoms with van der Waals surface area (Å²) in [6.45, 7) is 0. The molecule has 0 aliphatic carbocycles. The van der Waals surface area contributed by atoms with Crippen molar-refractivity contribution in [3.05, 3.63) is 77.3 Å². The van der Waals surface area contributed by atoms with Crippen LogP contribution in [0.2, 0.25) is 5.02 Å². The zero-order chi connectivity index (χ0) is 20.9. The Morgan fingerprint density at radius 1 is 1.10 bits per heavy atom. The second kappa shape index (κ2) is 9.11. The molecule has 0 bridgehead atoms. The van der Waals surface area contributed by atoms with Crippen LogP contribution in [0, 0.1) is 0 Å². The Balaban J connectivity index is 1.37. The summed E-state index contributed by atoms with van der Waals surface area (Å²) in [5, 5.41) is 16.0. The van der Waals surface area contributed by atoms with Gasteiger partial charge >= 0.3 is 0 Å². The van der Waals surface area contributed by atoms with E-state index in [9.17, 15) is 9.59 Å². The molecule has 1 aliphatic heterocycles. The highest BCUT2D eigenvalue weighted by molar-refractivity contribution is 8.15. The number of nitrogens with one attached hydrogen (secondary N) is 2. The van der Waals surface area contributed by atoms with Crippen molar-refractivity contribution in [1.82, 2.24) is 5.32 Å². The lowest BCUT2D eigenvalue weighted by Crippen LogP contribution is -2.28. The molecule has 8 heteroatoms. The van der Waals surface area contributed by atoms with Gasteiger partial charge in [-0.05, 0) is 29.1 Å². The Bertz CT molecular complexity index is 1160. The number of amides is 2. The van der Waals surface area contributed by atoms with E-state index in [0.717, 1.165) is 22.0 Å². The van der Waals surface area contributed by atoms with E-state index < -0.39 is 5.25 Å². The number of carbonyl (C=O) groups is 2. The van der Waals surface area contributed by atoms with Crippen molar-refractivity contribution in [2.24, 2.45) is 10.2 Å². The first-order valence-electron chi connectivity index (χ1n) is 9.20. The summed E-state index contributed by atoms with van der Waals surface area (Å²) in [6.07, 6.45) is 1.61. The molecule has 0 radical (unpaired) electrons. The average Bonchev–Trinajstić information content (AvgIpc) is 3.08. The van der Waals surface area contributed by atoms with Crippen LogP contribution in [0.25, 0.3) is 10.8 Å². The predicted molar refractivity (Wildman–Crippen MR) is 123 cm³/mol. The Morgan fingerprint density at radius 3 is 2.70 bits per heavy atom. The maximum atomic E-state index is 12.5. The summed E-state index contributed by atoms with van der Waals surface area (Å²) < 4.78 is 0. The second-order valence-corrected chi connectivity index (χ2v) is 8.20. The van der Waals surface area contributed by atoms with E-state index in [1.165, 1.54) is 11.8 Å². The number of rotatable bonds is 5. The van der Waals surface area contributed by atoms with Gasteiger partial charge in [-0.25, -0.2) is 0 Å². The number of anilines is 1. The molecule has 0 aromatic heterocycles. The minimum atomic E-state index is -0.551. The molecule has 150 valence electrons. The van der Waals surface area contributed by atoms with Crippen LogP contribution in [0.4, 0.5) is 5.69 Å². The lowest BCUT2D eigenvalue weighted by molar-refractivity contribution is -0.122. The van der Waals surface area contributed by atoms with E-state index in [1.807, 2.05) is 54.6 Å². The SMILES string of the molecule is O=C(CC1SC(=NN=Cc2ccc(Cl)cc2)NC1=O)Nc1cccc2ccccc12. The molecule has 0 saturated carbocycles. The quantitative estimate of drug-likeness (QED) is 0.458. The summed E-state index contributed by atoms with van der Waals surface area (Å²) >= 11 is 7.04. The van der Waals surface area contributed by atoms with Gasteiger partial charge in [0.1, 0.15) is 5.25 Å². The molecule has 1 heterocycles. The lowest BCUT2D eigenvalue weighted by atomic mass is 10.1. The second-order valence-electron chi connectivity index (χ2n) is 6.58. The van der Waals surface area contributed by atoms with Gasteiger partial charge in [0, 0.05) is 22.5 Å². The highest BCUT2D eigenvalue weighted by Crippen LogP contribution is 2.26. The predicted octanol–water partition coefficient (Wildman–Crippen LogP) is 4.44. The lowest BCUT2D eigenvalue weighted by Gasteiger charge is -2.10. The maximum Gasteiger partial charge on any atom is 0.240 e. The Morgan fingerprint density at radius 2 is 1.87 bits per heavy atom. The number of carbonyl (C=O) groups excluding carboxylic acids is 2. The third kappa shape index (κ3) is 4.87. The van der Waals surface area contributed by atoms with Crippen LogP contribution in [-0.4, -0.2) is 28.4 Å². The number of amidine groups is 1. The minimum absolute atomic E-state index is 0.0413. The van der Waals surface area contributed by atoms with Crippen LogP contribution in [0.5, 0.6) is 0 Å². The Hall–Kier alpha value is -3.16. The van der Waals surface area contributed by atoms with Gasteiger partial charge in [-0.1, -0.05) is 71.9 Å². The fraction of sp³-hybridized carbons (Fsp3) is 0.0909. The molecule has 0 spiro atoms. The highest BCUT2D eigenvalue weighted by Gasteiger charge is 2.32. The molecule has 2 N–H and O–H groups in total. The molecule has 1 aliphatic rings. The van der Waals surface area contributed by atoms with E-state index in [-0.39, 0.29) is 18.2 Å². The van der Waals surface area contributed by atoms with Crippen molar-refractivity contribution < 1.29 is 9.59 Å². The number of hydrogen-bond acceptors (Lipinski definition) is 5. The van der Waals surface area contributed by atoms with Crippen molar-refractivity contribution in [3.8, 4) is 0 Å². The maximum absolute atomic E-state index is 12.5. The fourth-order valence-corrected chi connectivity index (χ4v) is 4.04. The van der Waals surface area contributed by atoms with Crippen molar-refractivity contribution in [3.63, 3.8) is 0 Å². The Labute approximate surface area is 182 Å². The first-order valence-corrected chi connectivity index (χ1v) is 10.5. The van der Waals surface area contributed by atoms with Crippen LogP contribution < -0.4 is 10.6 Å². The zero-order valence-corrected chi connectivity index (χ0v) is 17.3. The number of nitrogens with zero attached hydrogens (tertiary/aromatic N) is 2. The van der Waals surface area contributed by atoms with E-state index in [4.69, 9.17) is 11.6 Å². The zero-order valence-electron chi connectivity index (χ0n) is 15.7. The molecule has 4 rings (SSSR count). The van der Waals surface area contributed by atoms with Gasteiger partial charge in [0.25, 0.3) is 0 Å². The average molecular weight is 437 g/mol. The van der Waals surface area contributed by atoms with Crippen molar-refractivity contribution in [2.45, 2.75) is 11.7 Å². The first kappa shape index (κ1) is 20.1. The van der Waals surface area contributed by atoms with E-state index in [2.05, 4.69) is 20.8 Å². The van der Waals surface area contributed by atoms with Crippen LogP contribution >= 0.6 is 23.4 Å². The third-order valence-electron chi connectivity index (χ3n) is 4.44. The number of benzene rings is 3. The van der Waals surface area contributed by atoms with Crippen LogP contribution in [0.1, 0.15) is 12.0 Å². The summed E-state index contributed by atoms with van der Waals surface area (Å²) in [6, 6.07) is 20.7. The van der Waals surface area contributed by atoms with Gasteiger partial charge in [0.05, 0.1) is 6.21 Å². The molecular weight excluding hydrogens is 420 g/mol. The van der Waals surface area contributed by atoms with Crippen LogP contribution in [0.3, 0.4) is 0 Å². The van der Waals surface area contributed by atoms with Crippen molar-refractivity contribution in [2.75, 3.05) is 5.32 Å². The molecule has 6 nitrogen and oxygen atoms in total. The van der Waals surface area contributed by atoms with Gasteiger partial charge in [-0.3, -0.25) is 9.59 Å². The van der Waals surface area contributed by atoms with E-state index in [1.54, 1.807) is 18.3 Å². The van der Waals surface area contributed by atoms with Gasteiger partial charge in [-0.15, -0.1) is 5.10 Å². The monoisotopic (exact) mass is 436 g/mol. The topological polar surface area (TPSA) is 82.9 Å². The van der Waals surface area contributed by atoms with Crippen molar-refractivity contribution in [1.29, 1.82) is 0 Å². The smallest absolute Gasteiger partial charge is 0.240 e. The van der Waals surface area contributed by atoms with E-state index >= 15 is 0 Å². The van der Waals surface area contributed by atoms with Gasteiger partial charge in [0.15, 0.2) is 5.17 Å². The number of hydrogen-bond donors (Lipinski definition) is 2. The molecule has 1 atom stereocenters. The third-order valence-corrected chi connectivity index (χ3v) is 5.76. The van der Waals surface area contributed by atoms with Crippen LogP contribution in [0.15, 0.2) is 76.9 Å². The fourth-order valence-electron chi connectivity index (χ4n) is 2.99. The first-order chi connectivity index (χ1) is 14.6. The molecule has 3 aromatic carbocycles. The molecular formula is C22H17ClN4O2S. The molecule has 3 aromatic rings. The van der Waals surface area contributed by atoms with Gasteiger partial charge in [-0.2, -0.15) is 5.10 Å². The standard InChI is InChI=1S/C22H17ClN4O2S/c23-16-10-8-14(9-11-16)13-24-27-22-26-21(29)19(30-22)12-20(28)25-18-7-3-5-15-4-1-2-6-17(15)18/h1-11,13,19H,12H2,(H,25,28)(H,26,27,29). The molecule has 1 saturated heterocycles. The van der Waals surface area contributed by atoms with Gasteiger partial charge < -0.3 is 10.6 Å². The summed E-state index contributed by atoms with van der Waals surface area (Å²) in [4.78, 5) is 24.7. The molecule has 30 heavy (non-hydrogen) atoms. The van der Waals surface area contributed by atoms with E-state index in [0.29, 0.717) is 10.2 Å². The number of thioether (sulfide) groups is 1. The highest BCUT2D eigenvalue weighted by atomic mass is 35.5. The normalized spacial score (nSPS) is 17.6. The molecule has 1 fully saturated rings. The Kier molecular flexibility index (Phi) is 6.11. The molecule has 1 unspecified atom stereocenters. The summed E-state index contributed by atoms with van der Waals surface area (Å²) in [5.74, 6) is -0.488. The largest absolute Gasteiger partial charge is 0.325 e. The van der Waals surface area contributed by atoms with Crippen LogP contribution in [-0.2, 0) is 9.59 Å². The summed E-state index contributed by atoms with van der Waals surface area (Å²) in [7, 11) is 0.